The predicted octanol–water partition coefficient (Wildman–Crippen LogP) is 2.91. The average Bonchev–Trinajstić information content (AvgIpc) is 2.32. The molecule has 114 valence electrons. The second kappa shape index (κ2) is 9.64. The van der Waals surface area contributed by atoms with Crippen molar-refractivity contribution in [2.45, 2.75) is 46.6 Å². The largest absolute Gasteiger partial charge is 0.480 e. The lowest BCUT2D eigenvalue weighted by atomic mass is 10.1. The van der Waals surface area contributed by atoms with Crippen molar-refractivity contribution in [2.75, 3.05) is 12.3 Å². The molecule has 0 aromatic rings. The van der Waals surface area contributed by atoms with Gasteiger partial charge in [0.2, 0.25) is 5.91 Å². The van der Waals surface area contributed by atoms with Crippen molar-refractivity contribution in [3.05, 3.63) is 23.3 Å². The monoisotopic (exact) mass is 299 g/mol. The molecular weight excluding hydrogens is 274 g/mol. The van der Waals surface area contributed by atoms with Crippen LogP contribution in [0.4, 0.5) is 0 Å². The summed E-state index contributed by atoms with van der Waals surface area (Å²) >= 11 is 4.01. The molecule has 0 radical (unpaired) electrons. The molecule has 0 heterocycles. The first kappa shape index (κ1) is 18.8. The van der Waals surface area contributed by atoms with E-state index in [1.807, 2.05) is 13.0 Å². The summed E-state index contributed by atoms with van der Waals surface area (Å²) in [6.45, 7) is 7.80. The SMILES string of the molecule is CC(=O)N(C/C=C(\C)CCC=C(C)C)C(CS)C(=O)O. The lowest BCUT2D eigenvalue weighted by Gasteiger charge is -2.25. The number of nitrogens with zero attached hydrogens (tertiary/aromatic N) is 1. The third kappa shape index (κ3) is 7.38. The molecule has 0 bridgehead atoms. The summed E-state index contributed by atoms with van der Waals surface area (Å²) in [5, 5.41) is 9.09. The van der Waals surface area contributed by atoms with Crippen LogP contribution < -0.4 is 0 Å². The lowest BCUT2D eigenvalue weighted by molar-refractivity contribution is -0.147. The molecule has 1 amide bonds. The number of allylic oxidation sites excluding steroid dienone is 3. The van der Waals surface area contributed by atoms with E-state index < -0.39 is 12.0 Å². The number of rotatable bonds is 8. The lowest BCUT2D eigenvalue weighted by Crippen LogP contribution is -2.45. The Labute approximate surface area is 127 Å². The van der Waals surface area contributed by atoms with Crippen molar-refractivity contribution >= 4 is 24.5 Å². The fourth-order valence-corrected chi connectivity index (χ4v) is 2.08. The minimum Gasteiger partial charge on any atom is -0.480 e. The highest BCUT2D eigenvalue weighted by atomic mass is 32.1. The van der Waals surface area contributed by atoms with Crippen LogP contribution in [0.1, 0.15) is 40.5 Å². The van der Waals surface area contributed by atoms with Gasteiger partial charge in [-0.05, 0) is 33.6 Å². The van der Waals surface area contributed by atoms with E-state index >= 15 is 0 Å². The van der Waals surface area contributed by atoms with E-state index in [1.54, 1.807) is 0 Å². The molecule has 0 aromatic carbocycles. The molecule has 0 spiro atoms. The molecule has 4 nitrogen and oxygen atoms in total. The van der Waals surface area contributed by atoms with Gasteiger partial charge in [0.1, 0.15) is 6.04 Å². The minimum absolute atomic E-state index is 0.111. The number of carboxylic acid groups (broad SMARTS) is 1. The Morgan fingerprint density at radius 3 is 2.20 bits per heavy atom. The number of hydrogen-bond donors (Lipinski definition) is 2. The highest BCUT2D eigenvalue weighted by Crippen LogP contribution is 2.09. The molecule has 0 aliphatic heterocycles. The molecule has 0 saturated carbocycles. The van der Waals surface area contributed by atoms with Gasteiger partial charge in [-0.15, -0.1) is 0 Å². The van der Waals surface area contributed by atoms with E-state index in [1.165, 1.54) is 17.4 Å². The summed E-state index contributed by atoms with van der Waals surface area (Å²) < 4.78 is 0. The molecule has 1 atom stereocenters. The fourth-order valence-electron chi connectivity index (χ4n) is 1.73. The van der Waals surface area contributed by atoms with Crippen molar-refractivity contribution in [1.29, 1.82) is 0 Å². The number of thiol groups is 1. The predicted molar refractivity (Wildman–Crippen MR) is 85.1 cm³/mol. The molecule has 1 N–H and O–H groups in total. The maximum absolute atomic E-state index is 11.6. The van der Waals surface area contributed by atoms with Crippen molar-refractivity contribution in [3.63, 3.8) is 0 Å². The molecule has 0 aromatic heterocycles. The normalized spacial score (nSPS) is 12.8. The van der Waals surface area contributed by atoms with Gasteiger partial charge >= 0.3 is 5.97 Å². The Hall–Kier alpha value is -1.23. The van der Waals surface area contributed by atoms with Gasteiger partial charge in [0, 0.05) is 19.2 Å². The van der Waals surface area contributed by atoms with Crippen LogP contribution in [-0.4, -0.2) is 40.2 Å². The Morgan fingerprint density at radius 2 is 1.80 bits per heavy atom. The van der Waals surface area contributed by atoms with Gasteiger partial charge in [0.25, 0.3) is 0 Å². The van der Waals surface area contributed by atoms with Gasteiger partial charge in [-0.1, -0.05) is 23.3 Å². The van der Waals surface area contributed by atoms with E-state index in [0.717, 1.165) is 18.4 Å². The van der Waals surface area contributed by atoms with Crippen LogP contribution in [0.2, 0.25) is 0 Å². The van der Waals surface area contributed by atoms with E-state index in [4.69, 9.17) is 5.11 Å². The van der Waals surface area contributed by atoms with E-state index in [-0.39, 0.29) is 11.7 Å². The Balaban J connectivity index is 4.64. The second-order valence-electron chi connectivity index (χ2n) is 5.08. The molecule has 0 rings (SSSR count). The molecule has 0 aliphatic carbocycles. The third-order valence-electron chi connectivity index (χ3n) is 2.97. The summed E-state index contributed by atoms with van der Waals surface area (Å²) in [7, 11) is 0. The van der Waals surface area contributed by atoms with Gasteiger partial charge in [-0.2, -0.15) is 12.6 Å². The number of carbonyl (C=O) groups excluding carboxylic acids is 1. The van der Waals surface area contributed by atoms with Crippen molar-refractivity contribution < 1.29 is 14.7 Å². The zero-order valence-electron chi connectivity index (χ0n) is 12.7. The first-order valence-corrected chi connectivity index (χ1v) is 7.32. The van der Waals surface area contributed by atoms with Crippen molar-refractivity contribution in [1.82, 2.24) is 4.90 Å². The van der Waals surface area contributed by atoms with Crippen LogP contribution in [-0.2, 0) is 9.59 Å². The molecule has 1 unspecified atom stereocenters. The highest BCUT2D eigenvalue weighted by Gasteiger charge is 2.25. The number of aliphatic carboxylic acids is 1. The Morgan fingerprint density at radius 1 is 1.20 bits per heavy atom. The standard InChI is InChI=1S/C15H25NO3S/c1-11(2)6-5-7-12(3)8-9-16(13(4)17)14(10-20)15(18)19/h6,8,14,20H,5,7,9-10H2,1-4H3,(H,18,19)/b12-8+. The second-order valence-corrected chi connectivity index (χ2v) is 5.44. The average molecular weight is 299 g/mol. The van der Waals surface area contributed by atoms with Gasteiger partial charge in [-0.25, -0.2) is 4.79 Å². The summed E-state index contributed by atoms with van der Waals surface area (Å²) in [5.41, 5.74) is 2.43. The van der Waals surface area contributed by atoms with Gasteiger partial charge in [0.15, 0.2) is 0 Å². The van der Waals surface area contributed by atoms with Crippen LogP contribution in [0.25, 0.3) is 0 Å². The van der Waals surface area contributed by atoms with Crippen LogP contribution in [0, 0.1) is 0 Å². The van der Waals surface area contributed by atoms with Gasteiger partial charge in [-0.3, -0.25) is 4.79 Å². The maximum atomic E-state index is 11.6. The molecule has 0 saturated heterocycles. The molecular formula is C15H25NO3S. The van der Waals surface area contributed by atoms with E-state index in [0.29, 0.717) is 6.54 Å². The quantitative estimate of drug-likeness (QED) is 0.535. The summed E-state index contributed by atoms with van der Waals surface area (Å²) in [5.74, 6) is -1.16. The molecule has 5 heteroatoms. The number of carbonyl (C=O) groups is 2. The Bertz CT molecular complexity index is 398. The summed E-state index contributed by atoms with van der Waals surface area (Å²) in [4.78, 5) is 24.0. The van der Waals surface area contributed by atoms with E-state index in [9.17, 15) is 9.59 Å². The molecule has 0 aliphatic rings. The zero-order chi connectivity index (χ0) is 15.7. The highest BCUT2D eigenvalue weighted by molar-refractivity contribution is 7.80. The Kier molecular flexibility index (Phi) is 9.05. The smallest absolute Gasteiger partial charge is 0.327 e. The molecule has 0 fully saturated rings. The van der Waals surface area contributed by atoms with Crippen LogP contribution >= 0.6 is 12.6 Å². The van der Waals surface area contributed by atoms with Crippen LogP contribution in [0.5, 0.6) is 0 Å². The first-order chi connectivity index (χ1) is 9.29. The minimum atomic E-state index is -1.02. The van der Waals surface area contributed by atoms with Crippen LogP contribution in [0.3, 0.4) is 0 Å². The topological polar surface area (TPSA) is 57.6 Å². The van der Waals surface area contributed by atoms with Gasteiger partial charge in [0.05, 0.1) is 0 Å². The maximum Gasteiger partial charge on any atom is 0.327 e. The van der Waals surface area contributed by atoms with Crippen molar-refractivity contribution in [2.24, 2.45) is 0 Å². The third-order valence-corrected chi connectivity index (χ3v) is 3.31. The van der Waals surface area contributed by atoms with E-state index in [2.05, 4.69) is 32.6 Å². The summed E-state index contributed by atoms with van der Waals surface area (Å²) in [6, 6.07) is -0.877. The van der Waals surface area contributed by atoms with Crippen molar-refractivity contribution in [3.8, 4) is 0 Å². The molecule has 20 heavy (non-hydrogen) atoms. The summed E-state index contributed by atoms with van der Waals surface area (Å²) in [6.07, 6.45) is 5.95. The number of hydrogen-bond acceptors (Lipinski definition) is 3. The fraction of sp³-hybridized carbons (Fsp3) is 0.600. The first-order valence-electron chi connectivity index (χ1n) is 6.69. The van der Waals surface area contributed by atoms with Crippen LogP contribution in [0.15, 0.2) is 23.3 Å². The van der Waals surface area contributed by atoms with Gasteiger partial charge < -0.3 is 10.0 Å². The zero-order valence-corrected chi connectivity index (χ0v) is 13.6. The number of amides is 1. The number of carboxylic acids is 1.